The lowest BCUT2D eigenvalue weighted by Crippen LogP contribution is -2.46. The fourth-order valence-corrected chi connectivity index (χ4v) is 3.83. The highest BCUT2D eigenvalue weighted by Gasteiger charge is 2.26. The predicted octanol–water partition coefficient (Wildman–Crippen LogP) is 4.73. The fraction of sp³-hybridized carbons (Fsp3) is 0.435. The van der Waals surface area contributed by atoms with E-state index in [0.717, 1.165) is 61.6 Å². The van der Waals surface area contributed by atoms with Gasteiger partial charge in [0, 0.05) is 24.3 Å². The van der Waals surface area contributed by atoms with Crippen LogP contribution in [0.3, 0.4) is 0 Å². The molecule has 6 heteroatoms. The Morgan fingerprint density at radius 1 is 1.03 bits per heavy atom. The lowest BCUT2D eigenvalue weighted by atomic mass is 9.96. The molecule has 1 saturated heterocycles. The second kappa shape index (κ2) is 10.0. The number of urea groups is 1. The summed E-state index contributed by atoms with van der Waals surface area (Å²) in [5.74, 6) is 2.20. The molecule has 1 N–H and O–H groups in total. The number of methoxy groups -OCH3 is 3. The Kier molecular flexibility index (Phi) is 7.22. The number of rotatable bonds is 7. The molecule has 0 bridgehead atoms. The van der Waals surface area contributed by atoms with Crippen molar-refractivity contribution in [2.45, 2.75) is 38.1 Å². The van der Waals surface area contributed by atoms with Crippen molar-refractivity contribution in [1.29, 1.82) is 0 Å². The third-order valence-corrected chi connectivity index (χ3v) is 5.42. The van der Waals surface area contributed by atoms with Crippen LogP contribution in [-0.2, 0) is 6.42 Å². The maximum Gasteiger partial charge on any atom is 0.322 e. The molecular weight excluding hydrogens is 368 g/mol. The van der Waals surface area contributed by atoms with Gasteiger partial charge in [-0.2, -0.15) is 0 Å². The van der Waals surface area contributed by atoms with E-state index in [9.17, 15) is 4.79 Å². The maximum atomic E-state index is 12.9. The van der Waals surface area contributed by atoms with E-state index in [1.54, 1.807) is 21.3 Å². The van der Waals surface area contributed by atoms with Gasteiger partial charge in [-0.1, -0.05) is 12.1 Å². The molecule has 6 nitrogen and oxygen atoms in total. The number of anilines is 1. The van der Waals surface area contributed by atoms with Crippen LogP contribution in [0.1, 0.15) is 31.2 Å². The van der Waals surface area contributed by atoms with Gasteiger partial charge in [0.25, 0.3) is 0 Å². The fourth-order valence-electron chi connectivity index (χ4n) is 3.83. The highest BCUT2D eigenvalue weighted by Crippen LogP contribution is 2.29. The average molecular weight is 399 g/mol. The number of ether oxygens (including phenoxy) is 3. The van der Waals surface area contributed by atoms with Gasteiger partial charge in [-0.3, -0.25) is 0 Å². The minimum Gasteiger partial charge on any atom is -0.497 e. The number of benzene rings is 2. The largest absolute Gasteiger partial charge is 0.497 e. The van der Waals surface area contributed by atoms with Crippen LogP contribution >= 0.6 is 0 Å². The minimum absolute atomic E-state index is 0.0461. The summed E-state index contributed by atoms with van der Waals surface area (Å²) in [5.41, 5.74) is 1.93. The molecule has 1 atom stereocenters. The Hall–Kier alpha value is -2.89. The van der Waals surface area contributed by atoms with E-state index in [4.69, 9.17) is 14.2 Å². The molecule has 0 saturated carbocycles. The van der Waals surface area contributed by atoms with Gasteiger partial charge in [-0.25, -0.2) is 4.79 Å². The summed E-state index contributed by atoms with van der Waals surface area (Å²) in [5, 5.41) is 3.02. The number of aryl methyl sites for hydroxylation is 1. The SMILES string of the molecule is COc1cccc(NC(=O)N2CCCC[C@H]2CCc2ccc(OC)c(OC)c2)c1. The Balaban J connectivity index is 1.64. The van der Waals surface area contributed by atoms with Crippen molar-refractivity contribution in [2.24, 2.45) is 0 Å². The molecule has 156 valence electrons. The van der Waals surface area contributed by atoms with E-state index in [2.05, 4.69) is 11.4 Å². The predicted molar refractivity (Wildman–Crippen MR) is 114 cm³/mol. The highest BCUT2D eigenvalue weighted by molar-refractivity contribution is 5.89. The monoisotopic (exact) mass is 398 g/mol. The van der Waals surface area contributed by atoms with Crippen LogP contribution in [0, 0.1) is 0 Å². The van der Waals surface area contributed by atoms with Crippen LogP contribution in [0.25, 0.3) is 0 Å². The molecule has 0 unspecified atom stereocenters. The van der Waals surface area contributed by atoms with Crippen LogP contribution in [0.15, 0.2) is 42.5 Å². The van der Waals surface area contributed by atoms with Crippen molar-refractivity contribution in [2.75, 3.05) is 33.2 Å². The Morgan fingerprint density at radius 2 is 1.86 bits per heavy atom. The van der Waals surface area contributed by atoms with Crippen LogP contribution < -0.4 is 19.5 Å². The highest BCUT2D eigenvalue weighted by atomic mass is 16.5. The molecule has 2 amide bonds. The zero-order valence-corrected chi connectivity index (χ0v) is 17.4. The number of piperidine rings is 1. The Bertz CT molecular complexity index is 824. The smallest absolute Gasteiger partial charge is 0.322 e. The summed E-state index contributed by atoms with van der Waals surface area (Å²) < 4.78 is 16.0. The third-order valence-electron chi connectivity index (χ3n) is 5.42. The molecule has 2 aromatic carbocycles. The number of nitrogens with one attached hydrogen (secondary N) is 1. The van der Waals surface area contributed by atoms with E-state index in [1.807, 2.05) is 41.3 Å². The number of nitrogens with zero attached hydrogens (tertiary/aromatic N) is 1. The zero-order chi connectivity index (χ0) is 20.6. The van der Waals surface area contributed by atoms with Gasteiger partial charge in [0.05, 0.1) is 21.3 Å². The molecule has 2 aromatic rings. The average Bonchev–Trinajstić information content (AvgIpc) is 2.77. The number of amides is 2. The number of hydrogen-bond donors (Lipinski definition) is 1. The maximum absolute atomic E-state index is 12.9. The molecule has 0 radical (unpaired) electrons. The number of likely N-dealkylation sites (tertiary alicyclic amines) is 1. The molecule has 1 aliphatic heterocycles. The first-order valence-corrected chi connectivity index (χ1v) is 10.1. The van der Waals surface area contributed by atoms with E-state index in [0.29, 0.717) is 0 Å². The topological polar surface area (TPSA) is 60.0 Å². The molecule has 29 heavy (non-hydrogen) atoms. The summed E-state index contributed by atoms with van der Waals surface area (Å²) >= 11 is 0. The first-order chi connectivity index (χ1) is 14.1. The lowest BCUT2D eigenvalue weighted by Gasteiger charge is -2.36. The Morgan fingerprint density at radius 3 is 2.62 bits per heavy atom. The number of hydrogen-bond acceptors (Lipinski definition) is 4. The standard InChI is InChI=1S/C23H30N2O4/c1-27-20-9-6-7-18(16-20)24-23(26)25-14-5-4-8-19(25)12-10-17-11-13-21(28-2)22(15-17)29-3/h6-7,9,11,13,15-16,19H,4-5,8,10,12,14H2,1-3H3,(H,24,26)/t19-/m0/s1. The van der Waals surface area contributed by atoms with Crippen LogP contribution in [0.5, 0.6) is 17.2 Å². The Labute approximate surface area is 172 Å². The molecule has 1 heterocycles. The number of carbonyl (C=O) groups excluding carboxylic acids is 1. The third kappa shape index (κ3) is 5.34. The second-order valence-electron chi connectivity index (χ2n) is 7.23. The molecular formula is C23H30N2O4. The first-order valence-electron chi connectivity index (χ1n) is 10.1. The minimum atomic E-state index is -0.0461. The van der Waals surface area contributed by atoms with Crippen molar-refractivity contribution in [3.05, 3.63) is 48.0 Å². The quantitative estimate of drug-likeness (QED) is 0.732. The van der Waals surface area contributed by atoms with Crippen molar-refractivity contribution in [1.82, 2.24) is 4.90 Å². The van der Waals surface area contributed by atoms with E-state index in [1.165, 1.54) is 5.56 Å². The molecule has 1 fully saturated rings. The van der Waals surface area contributed by atoms with Crippen LogP contribution in [0.4, 0.5) is 10.5 Å². The lowest BCUT2D eigenvalue weighted by molar-refractivity contribution is 0.158. The zero-order valence-electron chi connectivity index (χ0n) is 17.4. The summed E-state index contributed by atoms with van der Waals surface area (Å²) in [6.45, 7) is 0.784. The number of carbonyl (C=O) groups is 1. The van der Waals surface area contributed by atoms with Crippen LogP contribution in [0.2, 0.25) is 0 Å². The van der Waals surface area contributed by atoms with Gasteiger partial charge in [-0.05, 0) is 61.9 Å². The van der Waals surface area contributed by atoms with E-state index < -0.39 is 0 Å². The summed E-state index contributed by atoms with van der Waals surface area (Å²) in [4.78, 5) is 14.9. The second-order valence-corrected chi connectivity index (χ2v) is 7.23. The molecule has 0 aliphatic carbocycles. The van der Waals surface area contributed by atoms with Crippen molar-refractivity contribution in [3.8, 4) is 17.2 Å². The van der Waals surface area contributed by atoms with Crippen molar-refractivity contribution in [3.63, 3.8) is 0 Å². The van der Waals surface area contributed by atoms with Crippen molar-refractivity contribution < 1.29 is 19.0 Å². The van der Waals surface area contributed by atoms with Gasteiger partial charge in [0.2, 0.25) is 0 Å². The van der Waals surface area contributed by atoms with Gasteiger partial charge >= 0.3 is 6.03 Å². The summed E-state index contributed by atoms with van der Waals surface area (Å²) in [7, 11) is 4.90. The van der Waals surface area contributed by atoms with Crippen LogP contribution in [-0.4, -0.2) is 44.8 Å². The molecule has 3 rings (SSSR count). The molecule has 0 aromatic heterocycles. The summed E-state index contributed by atoms with van der Waals surface area (Å²) in [6, 6.07) is 13.6. The summed E-state index contributed by atoms with van der Waals surface area (Å²) in [6.07, 6.45) is 5.02. The van der Waals surface area contributed by atoms with Gasteiger partial charge in [0.15, 0.2) is 11.5 Å². The van der Waals surface area contributed by atoms with Crippen molar-refractivity contribution >= 4 is 11.7 Å². The van der Waals surface area contributed by atoms with Gasteiger partial charge < -0.3 is 24.4 Å². The van der Waals surface area contributed by atoms with E-state index >= 15 is 0 Å². The first kappa shape index (κ1) is 20.8. The molecule has 0 spiro atoms. The van der Waals surface area contributed by atoms with E-state index in [-0.39, 0.29) is 12.1 Å². The van der Waals surface area contributed by atoms with Gasteiger partial charge in [-0.15, -0.1) is 0 Å². The normalized spacial score (nSPS) is 16.2. The molecule has 1 aliphatic rings. The van der Waals surface area contributed by atoms with Gasteiger partial charge in [0.1, 0.15) is 5.75 Å².